The fraction of sp³-hybridized carbons (Fsp3) is 0.708. The number of benzene rings is 1. The van der Waals surface area contributed by atoms with Crippen LogP contribution < -0.4 is 10.0 Å². The number of hydrogen-bond donors (Lipinski definition) is 2. The number of nitrogens with one attached hydrogen (secondary N) is 2. The fourth-order valence-electron chi connectivity index (χ4n) is 5.05. The molecule has 0 heterocycles. The normalized spacial score (nSPS) is 29.0. The topological polar surface area (TPSA) is 41.1 Å². The summed E-state index contributed by atoms with van der Waals surface area (Å²) in [5, 5.41) is 4.32. The Morgan fingerprint density at radius 3 is 2.59 bits per heavy atom. The Kier molecular flexibility index (Phi) is 9.53. The lowest BCUT2D eigenvalue weighted by Gasteiger charge is -2.47. The molecule has 2 saturated carbocycles. The van der Waals surface area contributed by atoms with Crippen molar-refractivity contribution in [3.8, 4) is 0 Å². The summed E-state index contributed by atoms with van der Waals surface area (Å²) in [7, 11) is 2.16. The number of aldehydes is 1. The van der Waals surface area contributed by atoms with Gasteiger partial charge < -0.3 is 10.1 Å². The second kappa shape index (κ2) is 11.2. The first kappa shape index (κ1) is 24.7. The molecule has 0 spiro atoms. The summed E-state index contributed by atoms with van der Waals surface area (Å²) in [6.45, 7) is 10.4. The van der Waals surface area contributed by atoms with Crippen molar-refractivity contribution < 1.29 is 4.79 Å². The van der Waals surface area contributed by atoms with Crippen LogP contribution in [0.25, 0.3) is 0 Å². The first-order valence-corrected chi connectivity index (χ1v) is 12.2. The molecule has 5 unspecified atom stereocenters. The quantitative estimate of drug-likeness (QED) is 0.405. The molecule has 2 bridgehead atoms. The van der Waals surface area contributed by atoms with Crippen molar-refractivity contribution in [1.82, 2.24) is 10.0 Å². The van der Waals surface area contributed by atoms with E-state index in [0.717, 1.165) is 51.5 Å². The average molecular weight is 439 g/mol. The summed E-state index contributed by atoms with van der Waals surface area (Å²) < 4.78 is 3.08. The van der Waals surface area contributed by atoms with Crippen LogP contribution in [-0.4, -0.2) is 24.9 Å². The summed E-state index contributed by atoms with van der Waals surface area (Å²) in [4.78, 5) is 11.7. The van der Waals surface area contributed by atoms with Crippen LogP contribution in [0.15, 0.2) is 23.1 Å². The molecule has 0 aliphatic heterocycles. The molecule has 3 rings (SSSR count). The van der Waals surface area contributed by atoms with E-state index < -0.39 is 5.54 Å². The van der Waals surface area contributed by atoms with Gasteiger partial charge in [-0.25, -0.2) is 4.72 Å². The molecule has 1 aromatic rings. The molecule has 0 amide bonds. The minimum absolute atomic E-state index is 0.528. The van der Waals surface area contributed by atoms with E-state index >= 15 is 0 Å². The van der Waals surface area contributed by atoms with Crippen molar-refractivity contribution in [2.24, 2.45) is 23.7 Å². The van der Waals surface area contributed by atoms with Crippen LogP contribution in [0.2, 0.25) is 5.02 Å². The lowest BCUT2D eigenvalue weighted by atomic mass is 9.62. The maximum atomic E-state index is 10.7. The van der Waals surface area contributed by atoms with E-state index in [2.05, 4.69) is 30.9 Å². The summed E-state index contributed by atoms with van der Waals surface area (Å²) >= 11 is 7.41. The Morgan fingerprint density at radius 1 is 1.24 bits per heavy atom. The Morgan fingerprint density at radius 2 is 1.97 bits per heavy atom. The van der Waals surface area contributed by atoms with Gasteiger partial charge in [-0.3, -0.25) is 0 Å². The number of rotatable bonds is 6. The Hall–Kier alpha value is -0.550. The van der Waals surface area contributed by atoms with Crippen LogP contribution in [0.3, 0.4) is 0 Å². The maximum Gasteiger partial charge on any atom is 0.140 e. The summed E-state index contributed by atoms with van der Waals surface area (Å²) in [6, 6.07) is 6.54. The van der Waals surface area contributed by atoms with E-state index in [0.29, 0.717) is 0 Å². The lowest BCUT2D eigenvalue weighted by molar-refractivity contribution is -0.111. The Bertz CT molecular complexity index is 664. The molecule has 164 valence electrons. The highest BCUT2D eigenvalue weighted by atomic mass is 35.5. The molecular weight excluding hydrogens is 400 g/mol. The predicted octanol–water partition coefficient (Wildman–Crippen LogP) is 6.28. The molecule has 2 aliphatic carbocycles. The minimum Gasteiger partial charge on any atom is -0.316 e. The van der Waals surface area contributed by atoms with E-state index in [-0.39, 0.29) is 0 Å². The van der Waals surface area contributed by atoms with Crippen LogP contribution in [0.5, 0.6) is 0 Å². The monoisotopic (exact) mass is 438 g/mol. The van der Waals surface area contributed by atoms with E-state index in [1.54, 1.807) is 0 Å². The second-order valence-corrected chi connectivity index (χ2v) is 10.8. The van der Waals surface area contributed by atoms with Crippen LogP contribution in [-0.2, 0) is 4.79 Å². The highest BCUT2D eigenvalue weighted by Gasteiger charge is 2.40. The van der Waals surface area contributed by atoms with Gasteiger partial charge in [0.05, 0.1) is 5.54 Å². The van der Waals surface area contributed by atoms with Gasteiger partial charge in [-0.1, -0.05) is 37.9 Å². The largest absolute Gasteiger partial charge is 0.316 e. The van der Waals surface area contributed by atoms with Gasteiger partial charge in [0.2, 0.25) is 0 Å². The third kappa shape index (κ3) is 6.99. The number of hydrogen-bond acceptors (Lipinski definition) is 4. The third-order valence-electron chi connectivity index (χ3n) is 6.52. The smallest absolute Gasteiger partial charge is 0.140 e. The minimum atomic E-state index is -0.528. The molecule has 2 fully saturated rings. The van der Waals surface area contributed by atoms with Crippen molar-refractivity contribution in [2.45, 2.75) is 83.2 Å². The molecule has 0 saturated heterocycles. The molecule has 2 N–H and O–H groups in total. The average Bonchev–Trinajstić information content (AvgIpc) is 2.69. The SMILES string of the molecule is CCC1CC2CC(C)CC(C2)C1NC.Cc1c(Cl)cccc1SNC(C)(C)C=O. The van der Waals surface area contributed by atoms with E-state index in [1.165, 1.54) is 44.1 Å². The number of carbonyl (C=O) groups is 1. The second-order valence-electron chi connectivity index (χ2n) is 9.56. The van der Waals surface area contributed by atoms with Crippen molar-refractivity contribution in [3.05, 3.63) is 28.8 Å². The number of fused-ring (bicyclic) bond motifs is 2. The van der Waals surface area contributed by atoms with Gasteiger partial charge in [0, 0.05) is 16.0 Å². The van der Waals surface area contributed by atoms with Gasteiger partial charge in [-0.2, -0.15) is 0 Å². The van der Waals surface area contributed by atoms with Crippen LogP contribution >= 0.6 is 23.5 Å². The Balaban J connectivity index is 0.000000207. The summed E-state index contributed by atoms with van der Waals surface area (Å²) in [5.41, 5.74) is 0.498. The zero-order chi connectivity index (χ0) is 21.6. The molecule has 0 aromatic heterocycles. The molecule has 29 heavy (non-hydrogen) atoms. The van der Waals surface area contributed by atoms with Crippen molar-refractivity contribution in [1.29, 1.82) is 0 Å². The third-order valence-corrected chi connectivity index (χ3v) is 8.22. The molecule has 3 nitrogen and oxygen atoms in total. The highest BCUT2D eigenvalue weighted by molar-refractivity contribution is 7.97. The van der Waals surface area contributed by atoms with Gasteiger partial charge in [0.25, 0.3) is 0 Å². The molecule has 5 atom stereocenters. The molecular formula is C24H39ClN2OS. The van der Waals surface area contributed by atoms with Crippen molar-refractivity contribution in [3.63, 3.8) is 0 Å². The van der Waals surface area contributed by atoms with Crippen LogP contribution in [0.1, 0.15) is 65.4 Å². The zero-order valence-electron chi connectivity index (χ0n) is 18.9. The van der Waals surface area contributed by atoms with Crippen LogP contribution in [0, 0.1) is 30.6 Å². The summed E-state index contributed by atoms with van der Waals surface area (Å²) in [6.07, 6.45) is 8.23. The molecule has 0 radical (unpaired) electrons. The van der Waals surface area contributed by atoms with Gasteiger partial charge >= 0.3 is 0 Å². The summed E-state index contributed by atoms with van der Waals surface area (Å²) in [5.74, 6) is 3.97. The Labute approximate surface area is 187 Å². The lowest BCUT2D eigenvalue weighted by Crippen LogP contribution is -2.48. The molecule has 2 aliphatic rings. The van der Waals surface area contributed by atoms with Crippen molar-refractivity contribution >= 4 is 29.8 Å². The van der Waals surface area contributed by atoms with Gasteiger partial charge in [0.15, 0.2) is 0 Å². The first-order valence-electron chi connectivity index (χ1n) is 11.0. The van der Waals surface area contributed by atoms with E-state index in [1.807, 2.05) is 39.0 Å². The van der Waals surface area contributed by atoms with E-state index in [9.17, 15) is 4.79 Å². The first-order chi connectivity index (χ1) is 13.7. The van der Waals surface area contributed by atoms with Gasteiger partial charge in [-0.15, -0.1) is 0 Å². The zero-order valence-corrected chi connectivity index (χ0v) is 20.5. The van der Waals surface area contributed by atoms with E-state index in [4.69, 9.17) is 11.6 Å². The predicted molar refractivity (Wildman–Crippen MR) is 127 cm³/mol. The molecule has 1 aromatic carbocycles. The number of carbonyl (C=O) groups excluding carboxylic acids is 1. The van der Waals surface area contributed by atoms with Crippen molar-refractivity contribution in [2.75, 3.05) is 7.05 Å². The fourth-order valence-corrected chi connectivity index (χ4v) is 6.11. The standard InChI is InChI=1S/C13H25N.C11H14ClNOS/c1-4-11-7-10-5-9(2)6-12(8-10)13(11)14-3;1-8-9(12)5-4-6-10(8)15-13-11(2,3)7-14/h9-14H,4-8H2,1-3H3;4-7,13H,1-3H3. The number of halogens is 1. The maximum absolute atomic E-state index is 10.7. The van der Waals surface area contributed by atoms with Crippen LogP contribution in [0.4, 0.5) is 0 Å². The molecule has 5 heteroatoms. The van der Waals surface area contributed by atoms with Gasteiger partial charge in [0.1, 0.15) is 6.29 Å². The highest BCUT2D eigenvalue weighted by Crippen LogP contribution is 2.45. The van der Waals surface area contributed by atoms with Gasteiger partial charge in [-0.05, 0) is 107 Å².